The van der Waals surface area contributed by atoms with Gasteiger partial charge in [0.2, 0.25) is 10.0 Å². The molecule has 2 aliphatic rings. The summed E-state index contributed by atoms with van der Waals surface area (Å²) in [6.07, 6.45) is 0.804. The smallest absolute Gasteiger partial charge is 0.275 e. The van der Waals surface area contributed by atoms with E-state index in [1.54, 1.807) is 0 Å². The second-order valence-electron chi connectivity index (χ2n) is 6.14. The van der Waals surface area contributed by atoms with E-state index in [1.165, 1.54) is 17.3 Å². The molecule has 0 spiro atoms. The van der Waals surface area contributed by atoms with Crippen LogP contribution >= 0.6 is 11.6 Å². The Morgan fingerprint density at radius 1 is 1.35 bits per heavy atom. The third kappa shape index (κ3) is 2.96. The molecular weight excluding hydrogens is 342 g/mol. The number of nitro groups is 1. The molecule has 2 heterocycles. The van der Waals surface area contributed by atoms with Gasteiger partial charge in [-0.05, 0) is 44.3 Å². The van der Waals surface area contributed by atoms with E-state index in [-0.39, 0.29) is 21.2 Å². The van der Waals surface area contributed by atoms with Crippen LogP contribution in [0.25, 0.3) is 0 Å². The molecule has 2 fully saturated rings. The summed E-state index contributed by atoms with van der Waals surface area (Å²) in [7, 11) is -3.78. The summed E-state index contributed by atoms with van der Waals surface area (Å²) in [5.74, 6) is 0.812. The molecule has 2 unspecified atom stereocenters. The van der Waals surface area contributed by atoms with Gasteiger partial charge in [-0.3, -0.25) is 10.1 Å². The van der Waals surface area contributed by atoms with Crippen LogP contribution in [-0.4, -0.2) is 43.8 Å². The average molecular weight is 360 g/mol. The molecule has 0 bridgehead atoms. The zero-order chi connectivity index (χ0) is 16.8. The van der Waals surface area contributed by atoms with Crippen molar-refractivity contribution in [2.24, 2.45) is 11.8 Å². The highest BCUT2D eigenvalue weighted by atomic mass is 35.5. The molecule has 0 saturated carbocycles. The summed E-state index contributed by atoms with van der Waals surface area (Å²) in [6, 6.07) is 2.41. The number of benzene rings is 1. The van der Waals surface area contributed by atoms with Crippen molar-refractivity contribution >= 4 is 27.3 Å². The highest BCUT2D eigenvalue weighted by Crippen LogP contribution is 2.34. The van der Waals surface area contributed by atoms with E-state index >= 15 is 0 Å². The molecule has 2 atom stereocenters. The Balaban J connectivity index is 1.95. The number of halogens is 1. The number of nitro benzene ring substituents is 1. The minimum atomic E-state index is -3.78. The van der Waals surface area contributed by atoms with E-state index < -0.39 is 14.9 Å². The Morgan fingerprint density at radius 2 is 2.04 bits per heavy atom. The molecule has 23 heavy (non-hydrogen) atoms. The van der Waals surface area contributed by atoms with Crippen molar-refractivity contribution in [3.8, 4) is 0 Å². The monoisotopic (exact) mass is 359 g/mol. The summed E-state index contributed by atoms with van der Waals surface area (Å²) in [4.78, 5) is 10.4. The first kappa shape index (κ1) is 16.6. The van der Waals surface area contributed by atoms with Crippen LogP contribution < -0.4 is 5.32 Å². The second kappa shape index (κ2) is 6.01. The van der Waals surface area contributed by atoms with Crippen molar-refractivity contribution in [2.75, 3.05) is 26.2 Å². The van der Waals surface area contributed by atoms with Gasteiger partial charge in [-0.15, -0.1) is 0 Å². The van der Waals surface area contributed by atoms with Crippen LogP contribution in [0.4, 0.5) is 5.69 Å². The number of rotatable bonds is 3. The van der Waals surface area contributed by atoms with E-state index in [2.05, 4.69) is 5.32 Å². The van der Waals surface area contributed by atoms with Crippen LogP contribution in [0.3, 0.4) is 0 Å². The van der Waals surface area contributed by atoms with Gasteiger partial charge in [-0.2, -0.15) is 4.31 Å². The summed E-state index contributed by atoms with van der Waals surface area (Å²) < 4.78 is 27.1. The lowest BCUT2D eigenvalue weighted by molar-refractivity contribution is -0.385. The van der Waals surface area contributed by atoms with Gasteiger partial charge in [0.15, 0.2) is 0 Å². The highest BCUT2D eigenvalue weighted by Gasteiger charge is 2.38. The van der Waals surface area contributed by atoms with Gasteiger partial charge < -0.3 is 5.32 Å². The van der Waals surface area contributed by atoms with Crippen LogP contribution in [0.2, 0.25) is 5.02 Å². The molecule has 1 N–H and O–H groups in total. The van der Waals surface area contributed by atoms with Gasteiger partial charge >= 0.3 is 0 Å². The fourth-order valence-corrected chi connectivity index (χ4v) is 5.19. The molecule has 2 saturated heterocycles. The van der Waals surface area contributed by atoms with Crippen LogP contribution in [0, 0.1) is 28.9 Å². The van der Waals surface area contributed by atoms with E-state index in [4.69, 9.17) is 11.6 Å². The van der Waals surface area contributed by atoms with Crippen molar-refractivity contribution in [2.45, 2.75) is 18.2 Å². The summed E-state index contributed by atoms with van der Waals surface area (Å²) in [5.41, 5.74) is 0.00260. The predicted molar refractivity (Wildman–Crippen MR) is 86.1 cm³/mol. The summed E-state index contributed by atoms with van der Waals surface area (Å²) in [6.45, 7) is 4.13. The summed E-state index contributed by atoms with van der Waals surface area (Å²) >= 11 is 6.00. The average Bonchev–Trinajstić information content (AvgIpc) is 2.96. The minimum Gasteiger partial charge on any atom is -0.316 e. The van der Waals surface area contributed by atoms with Crippen molar-refractivity contribution in [1.29, 1.82) is 0 Å². The van der Waals surface area contributed by atoms with Gasteiger partial charge in [0, 0.05) is 24.7 Å². The molecule has 0 aromatic heterocycles. The highest BCUT2D eigenvalue weighted by molar-refractivity contribution is 7.89. The standard InChI is InChI=1S/C14H18ClN3O4S/c1-9-13(15)4-12(5-14(9)18(19)20)23(21,22)17-3-2-10-6-16-7-11(10)8-17/h4-5,10-11,16H,2-3,6-8H2,1H3. The van der Waals surface area contributed by atoms with Crippen LogP contribution in [0.5, 0.6) is 0 Å². The number of nitrogens with zero attached hydrogens (tertiary/aromatic N) is 2. The Kier molecular flexibility index (Phi) is 4.35. The van der Waals surface area contributed by atoms with Gasteiger partial charge in [-0.1, -0.05) is 11.6 Å². The Morgan fingerprint density at radius 3 is 2.74 bits per heavy atom. The lowest BCUT2D eigenvalue weighted by Crippen LogP contribution is -2.43. The third-order valence-corrected chi connectivity index (χ3v) is 7.03. The third-order valence-electron chi connectivity index (χ3n) is 4.79. The van der Waals surface area contributed by atoms with E-state index in [0.29, 0.717) is 24.9 Å². The molecule has 126 valence electrons. The molecule has 1 aromatic carbocycles. The quantitative estimate of drug-likeness (QED) is 0.656. The van der Waals surface area contributed by atoms with Crippen LogP contribution in [0.1, 0.15) is 12.0 Å². The lowest BCUT2D eigenvalue weighted by atomic mass is 9.90. The fraction of sp³-hybridized carbons (Fsp3) is 0.571. The molecular formula is C14H18ClN3O4S. The molecule has 3 rings (SSSR count). The van der Waals surface area contributed by atoms with Gasteiger partial charge in [-0.25, -0.2) is 8.42 Å². The molecule has 1 aromatic rings. The Labute approximate surface area is 139 Å². The molecule has 0 amide bonds. The normalized spacial score (nSPS) is 25.3. The first-order valence-corrected chi connectivity index (χ1v) is 9.28. The summed E-state index contributed by atoms with van der Waals surface area (Å²) in [5, 5.41) is 14.5. The van der Waals surface area contributed by atoms with E-state index in [9.17, 15) is 18.5 Å². The van der Waals surface area contributed by atoms with E-state index in [0.717, 1.165) is 25.6 Å². The lowest BCUT2D eigenvalue weighted by Gasteiger charge is -2.33. The fourth-order valence-electron chi connectivity index (χ4n) is 3.35. The maximum Gasteiger partial charge on any atom is 0.275 e. The largest absolute Gasteiger partial charge is 0.316 e. The first-order chi connectivity index (χ1) is 10.8. The minimum absolute atomic E-state index is 0.0928. The van der Waals surface area contributed by atoms with Crippen molar-refractivity contribution in [3.63, 3.8) is 0 Å². The maximum absolute atomic E-state index is 12.8. The number of hydrogen-bond acceptors (Lipinski definition) is 5. The Bertz CT molecular complexity index is 753. The SMILES string of the molecule is Cc1c(Cl)cc(S(=O)(=O)N2CCC3CNCC3C2)cc1[N+](=O)[O-]. The number of hydrogen-bond donors (Lipinski definition) is 1. The zero-order valence-electron chi connectivity index (χ0n) is 12.7. The zero-order valence-corrected chi connectivity index (χ0v) is 14.2. The van der Waals surface area contributed by atoms with Crippen molar-refractivity contribution < 1.29 is 13.3 Å². The van der Waals surface area contributed by atoms with Gasteiger partial charge in [0.05, 0.1) is 14.8 Å². The van der Waals surface area contributed by atoms with Crippen molar-refractivity contribution in [3.05, 3.63) is 32.8 Å². The maximum atomic E-state index is 12.8. The molecule has 7 nitrogen and oxygen atoms in total. The molecule has 2 aliphatic heterocycles. The topological polar surface area (TPSA) is 92.6 Å². The van der Waals surface area contributed by atoms with Crippen LogP contribution in [0.15, 0.2) is 17.0 Å². The van der Waals surface area contributed by atoms with Crippen molar-refractivity contribution in [1.82, 2.24) is 9.62 Å². The number of fused-ring (bicyclic) bond motifs is 1. The predicted octanol–water partition coefficient (Wildman–Crippen LogP) is 1.79. The van der Waals surface area contributed by atoms with E-state index in [1.807, 2.05) is 0 Å². The van der Waals surface area contributed by atoms with Gasteiger partial charge in [0.25, 0.3) is 5.69 Å². The van der Waals surface area contributed by atoms with Crippen LogP contribution in [-0.2, 0) is 10.0 Å². The molecule has 0 aliphatic carbocycles. The molecule has 0 radical (unpaired) electrons. The number of piperidine rings is 1. The Hall–Kier alpha value is -1.22. The molecule has 9 heteroatoms. The second-order valence-corrected chi connectivity index (χ2v) is 8.48. The first-order valence-electron chi connectivity index (χ1n) is 7.46. The van der Waals surface area contributed by atoms with Gasteiger partial charge in [0.1, 0.15) is 0 Å². The number of sulfonamides is 1. The number of nitrogens with one attached hydrogen (secondary N) is 1.